The molecule has 1 saturated carbocycles. The van der Waals surface area contributed by atoms with E-state index in [-0.39, 0.29) is 12.5 Å². The molecule has 6 nitrogen and oxygen atoms in total. The number of hydrogen-bond acceptors (Lipinski definition) is 5. The van der Waals surface area contributed by atoms with Crippen LogP contribution in [0.25, 0.3) is 0 Å². The van der Waals surface area contributed by atoms with Gasteiger partial charge in [0.2, 0.25) is 5.88 Å². The Kier molecular flexibility index (Phi) is 5.01. The molecule has 0 aliphatic heterocycles. The van der Waals surface area contributed by atoms with Gasteiger partial charge in [-0.15, -0.1) is 0 Å². The van der Waals surface area contributed by atoms with Crippen LogP contribution in [0, 0.1) is 6.92 Å². The molecule has 1 amide bonds. The molecule has 1 aliphatic rings. The van der Waals surface area contributed by atoms with Crippen molar-refractivity contribution in [1.29, 1.82) is 0 Å². The van der Waals surface area contributed by atoms with E-state index in [1.165, 1.54) is 0 Å². The molecule has 6 heteroatoms. The van der Waals surface area contributed by atoms with Crippen LogP contribution in [0.5, 0.6) is 11.6 Å². The molecule has 1 heterocycles. The number of aliphatic hydroxyl groups is 1. The Morgan fingerprint density at radius 2 is 2.16 bits per heavy atom. The van der Waals surface area contributed by atoms with Gasteiger partial charge in [-0.25, -0.2) is 4.98 Å². The zero-order valence-electron chi connectivity index (χ0n) is 14.3. The van der Waals surface area contributed by atoms with E-state index in [2.05, 4.69) is 10.3 Å². The maximum absolute atomic E-state index is 12.3. The number of hydrogen-bond donors (Lipinski definition) is 3. The highest BCUT2D eigenvalue weighted by Gasteiger charge is 2.34. The molecule has 0 saturated heterocycles. The van der Waals surface area contributed by atoms with Crippen LogP contribution >= 0.6 is 0 Å². The topological polar surface area (TPSA) is 97.5 Å². The van der Waals surface area contributed by atoms with Gasteiger partial charge in [0.25, 0.3) is 5.91 Å². The molecule has 1 aromatic carbocycles. The van der Waals surface area contributed by atoms with Crippen LogP contribution in [0.2, 0.25) is 0 Å². The maximum Gasteiger partial charge on any atom is 0.251 e. The van der Waals surface area contributed by atoms with Crippen LogP contribution in [-0.2, 0) is 6.54 Å². The van der Waals surface area contributed by atoms with E-state index in [4.69, 9.17) is 10.5 Å². The Morgan fingerprint density at radius 1 is 1.36 bits per heavy atom. The smallest absolute Gasteiger partial charge is 0.251 e. The minimum absolute atomic E-state index is 0.231. The van der Waals surface area contributed by atoms with Crippen molar-refractivity contribution in [2.24, 2.45) is 5.73 Å². The lowest BCUT2D eigenvalue weighted by molar-refractivity contribution is -0.0300. The Balaban J connectivity index is 1.68. The molecule has 0 bridgehead atoms. The second kappa shape index (κ2) is 7.21. The van der Waals surface area contributed by atoms with Crippen LogP contribution in [0.15, 0.2) is 36.4 Å². The molecule has 2 aromatic rings. The summed E-state index contributed by atoms with van der Waals surface area (Å²) in [5.74, 6) is 0.739. The summed E-state index contributed by atoms with van der Waals surface area (Å²) in [6, 6.07) is 10.6. The number of aromatic nitrogens is 1. The Labute approximate surface area is 147 Å². The third-order valence-corrected chi connectivity index (χ3v) is 4.41. The van der Waals surface area contributed by atoms with Crippen molar-refractivity contribution in [3.05, 3.63) is 53.2 Å². The summed E-state index contributed by atoms with van der Waals surface area (Å²) in [5.41, 5.74) is 7.16. The lowest BCUT2D eigenvalue weighted by atomic mass is 9.80. The zero-order valence-corrected chi connectivity index (χ0v) is 14.3. The summed E-state index contributed by atoms with van der Waals surface area (Å²) >= 11 is 0. The molecule has 132 valence electrons. The van der Waals surface area contributed by atoms with E-state index in [9.17, 15) is 9.90 Å². The molecular weight excluding hydrogens is 318 g/mol. The average Bonchev–Trinajstić information content (AvgIpc) is 2.57. The molecule has 0 radical (unpaired) electrons. The van der Waals surface area contributed by atoms with Gasteiger partial charge in [0.1, 0.15) is 5.75 Å². The van der Waals surface area contributed by atoms with E-state index < -0.39 is 5.60 Å². The molecule has 0 unspecified atom stereocenters. The normalized spacial score (nSPS) is 15.3. The second-order valence-electron chi connectivity index (χ2n) is 6.55. The Bertz CT molecular complexity index is 772. The number of benzene rings is 1. The van der Waals surface area contributed by atoms with Crippen LogP contribution in [0.1, 0.15) is 40.9 Å². The van der Waals surface area contributed by atoms with Crippen molar-refractivity contribution >= 4 is 5.91 Å². The largest absolute Gasteiger partial charge is 0.439 e. The number of rotatable bonds is 6. The van der Waals surface area contributed by atoms with Crippen LogP contribution < -0.4 is 15.8 Å². The lowest BCUT2D eigenvalue weighted by Gasteiger charge is -2.36. The third kappa shape index (κ3) is 4.35. The van der Waals surface area contributed by atoms with Crippen molar-refractivity contribution in [3.8, 4) is 11.6 Å². The first-order chi connectivity index (χ1) is 12.0. The molecule has 1 aromatic heterocycles. The molecule has 25 heavy (non-hydrogen) atoms. The van der Waals surface area contributed by atoms with Gasteiger partial charge in [-0.05, 0) is 56.0 Å². The quantitative estimate of drug-likeness (QED) is 0.749. The van der Waals surface area contributed by atoms with Gasteiger partial charge in [0, 0.05) is 30.4 Å². The van der Waals surface area contributed by atoms with E-state index in [1.807, 2.05) is 13.0 Å². The predicted octanol–water partition coefficient (Wildman–Crippen LogP) is 2.29. The van der Waals surface area contributed by atoms with E-state index in [1.54, 1.807) is 30.3 Å². The fourth-order valence-electron chi connectivity index (χ4n) is 2.81. The average molecular weight is 341 g/mol. The summed E-state index contributed by atoms with van der Waals surface area (Å²) in [6.45, 7) is 2.56. The highest BCUT2D eigenvalue weighted by molar-refractivity contribution is 5.94. The molecular formula is C19H23N3O3. The van der Waals surface area contributed by atoms with Gasteiger partial charge in [-0.1, -0.05) is 6.07 Å². The van der Waals surface area contributed by atoms with Crippen LogP contribution in [0.3, 0.4) is 0 Å². The summed E-state index contributed by atoms with van der Waals surface area (Å²) < 4.78 is 5.77. The second-order valence-corrected chi connectivity index (χ2v) is 6.55. The van der Waals surface area contributed by atoms with Gasteiger partial charge in [-0.3, -0.25) is 4.79 Å². The van der Waals surface area contributed by atoms with Gasteiger partial charge in [0.05, 0.1) is 5.60 Å². The minimum atomic E-state index is -0.742. The van der Waals surface area contributed by atoms with Crippen molar-refractivity contribution < 1.29 is 14.6 Å². The standard InChI is InChI=1S/C19H23N3O3/c1-13-8-14(11-20)9-17(22-13)25-16-5-2-4-15(10-16)18(23)21-12-19(24)6-3-7-19/h2,4-5,8-10,24H,3,6-7,11-12,20H2,1H3,(H,21,23). The number of nitrogens with zero attached hydrogens (tertiary/aromatic N) is 1. The van der Waals surface area contributed by atoms with E-state index in [0.29, 0.717) is 23.7 Å². The van der Waals surface area contributed by atoms with Gasteiger partial charge < -0.3 is 20.9 Å². The highest BCUT2D eigenvalue weighted by Crippen LogP contribution is 2.30. The summed E-state index contributed by atoms with van der Waals surface area (Å²) in [7, 11) is 0. The number of pyridine rings is 1. The van der Waals surface area contributed by atoms with Gasteiger partial charge >= 0.3 is 0 Å². The monoisotopic (exact) mass is 341 g/mol. The van der Waals surface area contributed by atoms with Gasteiger partial charge in [0.15, 0.2) is 0 Å². The summed E-state index contributed by atoms with van der Waals surface area (Å²) in [4.78, 5) is 16.6. The van der Waals surface area contributed by atoms with Crippen molar-refractivity contribution in [2.75, 3.05) is 6.54 Å². The first-order valence-corrected chi connectivity index (χ1v) is 8.44. The molecule has 1 fully saturated rings. The fraction of sp³-hybridized carbons (Fsp3) is 0.368. The first-order valence-electron chi connectivity index (χ1n) is 8.44. The number of amides is 1. The molecule has 0 spiro atoms. The van der Waals surface area contributed by atoms with Gasteiger partial charge in [-0.2, -0.15) is 0 Å². The molecule has 4 N–H and O–H groups in total. The molecule has 3 rings (SSSR count). The lowest BCUT2D eigenvalue weighted by Crippen LogP contribution is -2.47. The predicted molar refractivity (Wildman–Crippen MR) is 94.5 cm³/mol. The zero-order chi connectivity index (χ0) is 17.9. The number of nitrogens with one attached hydrogen (secondary N) is 1. The maximum atomic E-state index is 12.3. The number of ether oxygens (including phenoxy) is 1. The number of carbonyl (C=O) groups excluding carboxylic acids is 1. The summed E-state index contributed by atoms with van der Waals surface area (Å²) in [5, 5.41) is 12.9. The molecule has 0 atom stereocenters. The molecule has 1 aliphatic carbocycles. The number of nitrogens with two attached hydrogens (primary N) is 1. The first kappa shape index (κ1) is 17.4. The summed E-state index contributed by atoms with van der Waals surface area (Å²) in [6.07, 6.45) is 2.47. The number of carbonyl (C=O) groups is 1. The highest BCUT2D eigenvalue weighted by atomic mass is 16.5. The Morgan fingerprint density at radius 3 is 2.84 bits per heavy atom. The van der Waals surface area contributed by atoms with Crippen molar-refractivity contribution in [2.45, 2.75) is 38.3 Å². The SMILES string of the molecule is Cc1cc(CN)cc(Oc2cccc(C(=O)NCC3(O)CCC3)c2)n1. The Hall–Kier alpha value is -2.44. The van der Waals surface area contributed by atoms with Crippen molar-refractivity contribution in [1.82, 2.24) is 10.3 Å². The third-order valence-electron chi connectivity index (χ3n) is 4.41. The van der Waals surface area contributed by atoms with Crippen LogP contribution in [-0.4, -0.2) is 28.1 Å². The van der Waals surface area contributed by atoms with E-state index >= 15 is 0 Å². The fourth-order valence-corrected chi connectivity index (χ4v) is 2.81. The minimum Gasteiger partial charge on any atom is -0.439 e. The van der Waals surface area contributed by atoms with Crippen LogP contribution in [0.4, 0.5) is 0 Å². The number of aryl methyl sites for hydroxylation is 1. The van der Waals surface area contributed by atoms with Crippen molar-refractivity contribution in [3.63, 3.8) is 0 Å². The van der Waals surface area contributed by atoms with E-state index in [0.717, 1.165) is 30.5 Å².